The van der Waals surface area contributed by atoms with Crippen LogP contribution in [0.25, 0.3) is 0 Å². The third-order valence-corrected chi connectivity index (χ3v) is 3.77. The van der Waals surface area contributed by atoms with Crippen LogP contribution in [0, 0.1) is 25.7 Å². The molecule has 0 saturated carbocycles. The highest BCUT2D eigenvalue weighted by Gasteiger charge is 2.17. The second kappa shape index (κ2) is 8.13. The van der Waals surface area contributed by atoms with Gasteiger partial charge >= 0.3 is 0 Å². The first-order valence-electron chi connectivity index (χ1n) is 7.59. The lowest BCUT2D eigenvalue weighted by atomic mass is 9.91. The van der Waals surface area contributed by atoms with Crippen molar-refractivity contribution in [1.82, 2.24) is 4.98 Å². The molecule has 0 amide bonds. The number of Topliss-reactive ketones (excluding diaryl/α,β-unsaturated/α-hetero) is 1. The van der Waals surface area contributed by atoms with Crippen LogP contribution in [0.5, 0.6) is 5.75 Å². The molecule has 1 unspecified atom stereocenters. The fourth-order valence-electron chi connectivity index (χ4n) is 2.76. The third kappa shape index (κ3) is 5.12. The van der Waals surface area contributed by atoms with E-state index in [9.17, 15) is 4.79 Å². The number of aromatic nitrogens is 1. The number of hydrogen-bond acceptors (Lipinski definition) is 4. The predicted molar refractivity (Wildman–Crippen MR) is 85.6 cm³/mol. The number of ketones is 1. The Kier molecular flexibility index (Phi) is 6.82. The monoisotopic (exact) mass is 292 g/mol. The van der Waals surface area contributed by atoms with Crippen LogP contribution < -0.4 is 10.5 Å². The molecule has 1 aromatic heterocycles. The van der Waals surface area contributed by atoms with Gasteiger partial charge in [-0.25, -0.2) is 0 Å². The number of methoxy groups -OCH3 is 1. The Balaban J connectivity index is 2.75. The van der Waals surface area contributed by atoms with Gasteiger partial charge in [0.1, 0.15) is 11.5 Å². The van der Waals surface area contributed by atoms with Crippen LogP contribution >= 0.6 is 0 Å². The van der Waals surface area contributed by atoms with Crippen LogP contribution in [0.2, 0.25) is 0 Å². The normalized spacial score (nSPS) is 12.5. The highest BCUT2D eigenvalue weighted by Crippen LogP contribution is 2.25. The lowest BCUT2D eigenvalue weighted by Gasteiger charge is -2.17. The molecular formula is C17H28N2O2. The van der Waals surface area contributed by atoms with Crippen LogP contribution in [0.1, 0.15) is 43.5 Å². The number of hydrogen-bond donors (Lipinski definition) is 1. The number of rotatable bonds is 8. The van der Waals surface area contributed by atoms with Crippen molar-refractivity contribution in [3.8, 4) is 5.75 Å². The van der Waals surface area contributed by atoms with Crippen LogP contribution in [-0.4, -0.2) is 24.4 Å². The van der Waals surface area contributed by atoms with Crippen molar-refractivity contribution >= 4 is 5.78 Å². The van der Waals surface area contributed by atoms with Gasteiger partial charge in [0.2, 0.25) is 0 Å². The van der Waals surface area contributed by atoms with E-state index >= 15 is 0 Å². The molecule has 4 nitrogen and oxygen atoms in total. The first kappa shape index (κ1) is 17.6. The number of pyridine rings is 1. The maximum absolute atomic E-state index is 12.3. The maximum Gasteiger partial charge on any atom is 0.139 e. The third-order valence-electron chi connectivity index (χ3n) is 3.77. The minimum atomic E-state index is 0.201. The molecule has 0 aliphatic carbocycles. The van der Waals surface area contributed by atoms with Crippen molar-refractivity contribution in [1.29, 1.82) is 0 Å². The molecule has 2 N–H and O–H groups in total. The zero-order chi connectivity index (χ0) is 16.0. The molecule has 0 bridgehead atoms. The Morgan fingerprint density at radius 2 is 2.05 bits per heavy atom. The van der Waals surface area contributed by atoms with E-state index in [0.717, 1.165) is 29.0 Å². The quantitative estimate of drug-likeness (QED) is 0.800. The van der Waals surface area contributed by atoms with Crippen LogP contribution in [0.3, 0.4) is 0 Å². The zero-order valence-electron chi connectivity index (χ0n) is 13.9. The average Bonchev–Trinajstić information content (AvgIpc) is 2.41. The van der Waals surface area contributed by atoms with Gasteiger partial charge in [0.15, 0.2) is 0 Å². The van der Waals surface area contributed by atoms with Crippen LogP contribution in [0.15, 0.2) is 6.20 Å². The lowest BCUT2D eigenvalue weighted by Crippen LogP contribution is -2.21. The van der Waals surface area contributed by atoms with Gasteiger partial charge in [0.05, 0.1) is 12.8 Å². The van der Waals surface area contributed by atoms with Crippen molar-refractivity contribution in [2.24, 2.45) is 17.6 Å². The summed E-state index contributed by atoms with van der Waals surface area (Å²) >= 11 is 0. The molecule has 0 aliphatic heterocycles. The SMILES string of the molecule is COc1c(C)cnc(CC(=O)CC(CN)CC(C)C)c1C. The van der Waals surface area contributed by atoms with Gasteiger partial charge in [-0.3, -0.25) is 9.78 Å². The number of nitrogens with two attached hydrogens (primary N) is 1. The number of nitrogens with zero attached hydrogens (tertiary/aromatic N) is 1. The standard InChI is InChI=1S/C17H28N2O2/c1-11(2)6-14(9-18)7-15(20)8-16-13(4)17(21-5)12(3)10-19-16/h10-11,14H,6-9,18H2,1-5H3. The highest BCUT2D eigenvalue weighted by molar-refractivity contribution is 5.81. The number of carbonyl (C=O) groups is 1. The van der Waals surface area contributed by atoms with E-state index in [1.807, 2.05) is 13.8 Å². The summed E-state index contributed by atoms with van der Waals surface area (Å²) in [5.41, 5.74) is 8.53. The minimum absolute atomic E-state index is 0.201. The van der Waals surface area contributed by atoms with Crippen molar-refractivity contribution < 1.29 is 9.53 Å². The van der Waals surface area contributed by atoms with E-state index in [1.165, 1.54) is 0 Å². The van der Waals surface area contributed by atoms with Gasteiger partial charge in [-0.05, 0) is 38.6 Å². The Hall–Kier alpha value is -1.42. The van der Waals surface area contributed by atoms with Crippen molar-refractivity contribution in [2.75, 3.05) is 13.7 Å². The second-order valence-electron chi connectivity index (χ2n) is 6.20. The molecule has 1 heterocycles. The van der Waals surface area contributed by atoms with Gasteiger partial charge in [-0.15, -0.1) is 0 Å². The predicted octanol–water partition coefficient (Wildman–Crippen LogP) is 2.83. The molecule has 1 atom stereocenters. The summed E-state index contributed by atoms with van der Waals surface area (Å²) in [6.07, 6.45) is 3.65. The summed E-state index contributed by atoms with van der Waals surface area (Å²) in [7, 11) is 1.65. The zero-order valence-corrected chi connectivity index (χ0v) is 13.9. The lowest BCUT2D eigenvalue weighted by molar-refractivity contribution is -0.119. The fourth-order valence-corrected chi connectivity index (χ4v) is 2.76. The molecule has 118 valence electrons. The largest absolute Gasteiger partial charge is 0.496 e. The topological polar surface area (TPSA) is 65.2 Å². The van der Waals surface area contributed by atoms with E-state index in [4.69, 9.17) is 10.5 Å². The molecule has 0 spiro atoms. The van der Waals surface area contributed by atoms with Gasteiger partial charge in [-0.1, -0.05) is 13.8 Å². The summed E-state index contributed by atoms with van der Waals surface area (Å²) in [4.78, 5) is 16.7. The molecule has 1 rings (SSSR count). The Morgan fingerprint density at radius 3 is 2.57 bits per heavy atom. The fraction of sp³-hybridized carbons (Fsp3) is 0.647. The Bertz CT molecular complexity index is 484. The summed E-state index contributed by atoms with van der Waals surface area (Å²) in [6.45, 7) is 8.79. The molecule has 0 aromatic carbocycles. The van der Waals surface area contributed by atoms with Gasteiger partial charge in [-0.2, -0.15) is 0 Å². The van der Waals surface area contributed by atoms with Crippen LogP contribution in [0.4, 0.5) is 0 Å². The molecule has 4 heteroatoms. The van der Waals surface area contributed by atoms with Crippen molar-refractivity contribution in [2.45, 2.75) is 47.0 Å². The Labute approximate surface area is 128 Å². The van der Waals surface area contributed by atoms with E-state index in [-0.39, 0.29) is 11.7 Å². The average molecular weight is 292 g/mol. The van der Waals surface area contributed by atoms with Gasteiger partial charge in [0.25, 0.3) is 0 Å². The highest BCUT2D eigenvalue weighted by atomic mass is 16.5. The molecule has 0 aliphatic rings. The first-order chi connectivity index (χ1) is 9.88. The van der Waals surface area contributed by atoms with Crippen molar-refractivity contribution in [3.63, 3.8) is 0 Å². The molecule has 0 fully saturated rings. The number of ether oxygens (including phenoxy) is 1. The first-order valence-corrected chi connectivity index (χ1v) is 7.59. The second-order valence-corrected chi connectivity index (χ2v) is 6.20. The molecule has 1 aromatic rings. The van der Waals surface area contributed by atoms with Gasteiger partial charge < -0.3 is 10.5 Å². The summed E-state index contributed by atoms with van der Waals surface area (Å²) in [5.74, 6) is 1.86. The summed E-state index contributed by atoms with van der Waals surface area (Å²) in [6, 6.07) is 0. The smallest absolute Gasteiger partial charge is 0.139 e. The molecular weight excluding hydrogens is 264 g/mol. The summed E-state index contributed by atoms with van der Waals surface area (Å²) in [5, 5.41) is 0. The minimum Gasteiger partial charge on any atom is -0.496 e. The molecule has 0 radical (unpaired) electrons. The molecule has 0 saturated heterocycles. The van der Waals surface area contributed by atoms with E-state index < -0.39 is 0 Å². The van der Waals surface area contributed by atoms with Gasteiger partial charge in [0, 0.05) is 30.2 Å². The van der Waals surface area contributed by atoms with E-state index in [0.29, 0.717) is 25.3 Å². The van der Waals surface area contributed by atoms with E-state index in [1.54, 1.807) is 13.3 Å². The molecule has 21 heavy (non-hydrogen) atoms. The Morgan fingerprint density at radius 1 is 1.38 bits per heavy atom. The number of aryl methyl sites for hydroxylation is 1. The van der Waals surface area contributed by atoms with E-state index in [2.05, 4.69) is 18.8 Å². The summed E-state index contributed by atoms with van der Waals surface area (Å²) < 4.78 is 5.38. The number of carbonyl (C=O) groups excluding carboxylic acids is 1. The van der Waals surface area contributed by atoms with Crippen LogP contribution in [-0.2, 0) is 11.2 Å². The van der Waals surface area contributed by atoms with Crippen molar-refractivity contribution in [3.05, 3.63) is 23.0 Å². The maximum atomic E-state index is 12.3.